The van der Waals surface area contributed by atoms with Crippen molar-refractivity contribution in [1.82, 2.24) is 0 Å². The number of isocyanates is 2. The first kappa shape index (κ1) is 38.5. The van der Waals surface area contributed by atoms with Gasteiger partial charge >= 0.3 is 0 Å². The fraction of sp³-hybridized carbons (Fsp3) is 0.895. The number of carbonyl (C=O) groups excluding carboxylic acids is 2. The Balaban J connectivity index is 2.82. The summed E-state index contributed by atoms with van der Waals surface area (Å²) in [6, 6.07) is 0. The third kappa shape index (κ3) is 18.2. The van der Waals surface area contributed by atoms with Crippen molar-refractivity contribution in [2.45, 2.75) is 187 Å². The summed E-state index contributed by atoms with van der Waals surface area (Å²) in [4.78, 5) is 28.0. The lowest BCUT2D eigenvalue weighted by molar-refractivity contribution is 0.0424. The van der Waals surface area contributed by atoms with Crippen LogP contribution < -0.4 is 0 Å². The van der Waals surface area contributed by atoms with Gasteiger partial charge in [0.25, 0.3) is 0 Å². The van der Waals surface area contributed by atoms with Gasteiger partial charge in [0.1, 0.15) is 0 Å². The lowest BCUT2D eigenvalue weighted by atomic mass is 9.56. The molecule has 0 aliphatic heterocycles. The van der Waals surface area contributed by atoms with Crippen LogP contribution in [-0.4, -0.2) is 25.2 Å². The molecule has 242 valence electrons. The van der Waals surface area contributed by atoms with Crippen molar-refractivity contribution in [2.75, 3.05) is 13.1 Å². The van der Waals surface area contributed by atoms with Crippen LogP contribution in [-0.2, 0) is 9.59 Å². The van der Waals surface area contributed by atoms with Crippen LogP contribution in [0.5, 0.6) is 0 Å². The molecule has 1 rings (SSSR count). The van der Waals surface area contributed by atoms with Crippen LogP contribution in [0.1, 0.15) is 187 Å². The second kappa shape index (κ2) is 28.3. The molecule has 0 saturated carbocycles. The quantitative estimate of drug-likeness (QED) is 0.0365. The Labute approximate surface area is 261 Å². The predicted octanol–water partition coefficient (Wildman–Crippen LogP) is 12.0. The Bertz CT molecular complexity index is 737. The third-order valence-corrected chi connectivity index (χ3v) is 10.1. The topological polar surface area (TPSA) is 58.9 Å². The summed E-state index contributed by atoms with van der Waals surface area (Å²) in [5, 5.41) is 0. The van der Waals surface area contributed by atoms with Gasteiger partial charge in [-0.05, 0) is 62.2 Å². The molecular weight excluding hydrogens is 516 g/mol. The van der Waals surface area contributed by atoms with E-state index in [4.69, 9.17) is 0 Å². The molecule has 0 aromatic rings. The van der Waals surface area contributed by atoms with E-state index in [0.29, 0.717) is 18.5 Å². The van der Waals surface area contributed by atoms with Crippen molar-refractivity contribution in [1.29, 1.82) is 0 Å². The Morgan fingerprint density at radius 1 is 0.571 bits per heavy atom. The minimum Gasteiger partial charge on any atom is -0.211 e. The highest BCUT2D eigenvalue weighted by molar-refractivity contribution is 5.32. The summed E-state index contributed by atoms with van der Waals surface area (Å²) in [6.07, 6.45) is 44.4. The summed E-state index contributed by atoms with van der Waals surface area (Å²) in [7, 11) is 0. The van der Waals surface area contributed by atoms with Gasteiger partial charge in [0.2, 0.25) is 12.2 Å². The van der Waals surface area contributed by atoms with Gasteiger partial charge in [0, 0.05) is 0 Å². The van der Waals surface area contributed by atoms with Gasteiger partial charge in [0.05, 0.1) is 13.1 Å². The molecule has 0 fully saturated rings. The van der Waals surface area contributed by atoms with E-state index in [1.807, 2.05) is 0 Å². The van der Waals surface area contributed by atoms with Crippen LogP contribution in [0.4, 0.5) is 0 Å². The largest absolute Gasteiger partial charge is 0.234 e. The van der Waals surface area contributed by atoms with E-state index in [9.17, 15) is 9.59 Å². The maximum Gasteiger partial charge on any atom is 0.234 e. The number of hydrogen-bond donors (Lipinski definition) is 0. The fourth-order valence-electron chi connectivity index (χ4n) is 7.59. The molecule has 4 heteroatoms. The van der Waals surface area contributed by atoms with E-state index in [2.05, 4.69) is 36.0 Å². The number of rotatable bonds is 30. The van der Waals surface area contributed by atoms with Gasteiger partial charge in [-0.2, -0.15) is 0 Å². The molecule has 4 nitrogen and oxygen atoms in total. The molecule has 0 aromatic carbocycles. The lowest BCUT2D eigenvalue weighted by Crippen LogP contribution is -2.40. The van der Waals surface area contributed by atoms with Crippen LogP contribution >= 0.6 is 0 Å². The normalized spacial score (nSPS) is 19.9. The summed E-state index contributed by atoms with van der Waals surface area (Å²) < 4.78 is 0. The number of aliphatic imine (C=N–C) groups is 2. The minimum atomic E-state index is 0.497. The van der Waals surface area contributed by atoms with Gasteiger partial charge in [0.15, 0.2) is 0 Å². The molecule has 3 unspecified atom stereocenters. The average molecular weight is 585 g/mol. The van der Waals surface area contributed by atoms with Crippen LogP contribution in [0.15, 0.2) is 22.1 Å². The summed E-state index contributed by atoms with van der Waals surface area (Å²) in [6.45, 7) is 5.94. The van der Waals surface area contributed by atoms with Crippen LogP contribution in [0, 0.1) is 17.3 Å². The molecule has 42 heavy (non-hydrogen) atoms. The van der Waals surface area contributed by atoms with Crippen LogP contribution in [0.2, 0.25) is 0 Å². The zero-order chi connectivity index (χ0) is 30.4. The first-order valence-electron chi connectivity index (χ1n) is 18.5. The van der Waals surface area contributed by atoms with E-state index >= 15 is 0 Å². The van der Waals surface area contributed by atoms with E-state index < -0.39 is 0 Å². The molecule has 1 aliphatic carbocycles. The molecular formula is C38H68N2O2. The average Bonchev–Trinajstić information content (AvgIpc) is 3.00. The van der Waals surface area contributed by atoms with Crippen LogP contribution in [0.3, 0.4) is 0 Å². The standard InChI is InChI=1S/C38H68N2O2/c1-3-5-7-9-15-21-30-38(31-22-16-11-13-18-24-33-40-35-42)36(26-19-8-6-4-2)28-25-29-37(38)27-20-14-10-12-17-23-32-39-34-41/h25,29,36-37H,3-24,26-28,30-33H2,1-2H3. The number of allylic oxidation sites excluding steroid dienone is 2. The van der Waals surface area contributed by atoms with Crippen molar-refractivity contribution >= 4 is 12.2 Å². The Morgan fingerprint density at radius 2 is 1.00 bits per heavy atom. The second-order valence-corrected chi connectivity index (χ2v) is 13.3. The number of unbranched alkanes of at least 4 members (excludes halogenated alkanes) is 18. The predicted molar refractivity (Wildman–Crippen MR) is 181 cm³/mol. The van der Waals surface area contributed by atoms with E-state index in [-0.39, 0.29) is 0 Å². The van der Waals surface area contributed by atoms with Gasteiger partial charge < -0.3 is 0 Å². The Hall–Kier alpha value is -1.50. The van der Waals surface area contributed by atoms with Crippen molar-refractivity contribution in [2.24, 2.45) is 27.2 Å². The van der Waals surface area contributed by atoms with Crippen molar-refractivity contribution in [3.8, 4) is 0 Å². The zero-order valence-corrected chi connectivity index (χ0v) is 28.0. The van der Waals surface area contributed by atoms with Gasteiger partial charge in [-0.1, -0.05) is 154 Å². The molecule has 0 heterocycles. The second-order valence-electron chi connectivity index (χ2n) is 13.3. The van der Waals surface area contributed by atoms with Crippen molar-refractivity contribution in [3.05, 3.63) is 12.2 Å². The molecule has 3 atom stereocenters. The van der Waals surface area contributed by atoms with Gasteiger partial charge in [-0.25, -0.2) is 19.6 Å². The fourth-order valence-corrected chi connectivity index (χ4v) is 7.59. The highest BCUT2D eigenvalue weighted by atomic mass is 16.1. The Morgan fingerprint density at radius 3 is 1.52 bits per heavy atom. The van der Waals surface area contributed by atoms with Crippen LogP contribution in [0.25, 0.3) is 0 Å². The monoisotopic (exact) mass is 585 g/mol. The molecule has 0 N–H and O–H groups in total. The molecule has 0 spiro atoms. The smallest absolute Gasteiger partial charge is 0.211 e. The summed E-state index contributed by atoms with van der Waals surface area (Å²) in [5.74, 6) is 1.61. The molecule has 0 bridgehead atoms. The maximum atomic E-state index is 10.3. The lowest BCUT2D eigenvalue weighted by Gasteiger charge is -2.49. The maximum absolute atomic E-state index is 10.3. The number of nitrogens with zero attached hydrogens (tertiary/aromatic N) is 2. The zero-order valence-electron chi connectivity index (χ0n) is 28.0. The first-order valence-corrected chi connectivity index (χ1v) is 18.5. The number of hydrogen-bond acceptors (Lipinski definition) is 4. The first-order chi connectivity index (χ1) is 20.7. The SMILES string of the molecule is CCCCCCCCC1(CCCCCCCCN=C=O)C(CCCCCCCCN=C=O)C=CCC1CCCCCC. The van der Waals surface area contributed by atoms with Gasteiger partial charge in [-0.3, -0.25) is 0 Å². The minimum absolute atomic E-state index is 0.497. The highest BCUT2D eigenvalue weighted by Crippen LogP contribution is 2.53. The van der Waals surface area contributed by atoms with E-state index in [1.54, 1.807) is 12.2 Å². The molecule has 0 saturated heterocycles. The molecule has 0 radical (unpaired) electrons. The Kier molecular flexibility index (Phi) is 25.9. The molecule has 0 amide bonds. The summed E-state index contributed by atoms with van der Waals surface area (Å²) in [5.41, 5.74) is 0.497. The van der Waals surface area contributed by atoms with E-state index in [1.165, 1.54) is 161 Å². The van der Waals surface area contributed by atoms with E-state index in [0.717, 1.165) is 24.7 Å². The molecule has 1 aliphatic rings. The summed E-state index contributed by atoms with van der Waals surface area (Å²) >= 11 is 0. The third-order valence-electron chi connectivity index (χ3n) is 10.1. The van der Waals surface area contributed by atoms with Gasteiger partial charge in [-0.15, -0.1) is 0 Å². The highest BCUT2D eigenvalue weighted by Gasteiger charge is 2.43. The van der Waals surface area contributed by atoms with Crippen molar-refractivity contribution < 1.29 is 9.59 Å². The molecule has 0 aromatic heterocycles. The van der Waals surface area contributed by atoms with Crippen molar-refractivity contribution in [3.63, 3.8) is 0 Å².